The van der Waals surface area contributed by atoms with Crippen molar-refractivity contribution < 1.29 is 23.8 Å². The van der Waals surface area contributed by atoms with E-state index in [0.29, 0.717) is 17.9 Å². The number of aliphatic hydroxyl groups excluding tert-OH is 1. The highest BCUT2D eigenvalue weighted by atomic mass is 16.5. The van der Waals surface area contributed by atoms with Gasteiger partial charge in [-0.25, -0.2) is 4.79 Å². The highest BCUT2D eigenvalue weighted by Crippen LogP contribution is 2.66. The zero-order valence-corrected chi connectivity index (χ0v) is 20.6. The van der Waals surface area contributed by atoms with Crippen molar-refractivity contribution >= 4 is 5.97 Å². The summed E-state index contributed by atoms with van der Waals surface area (Å²) in [6.45, 7) is 10.1. The number of hydrogen-bond donors (Lipinski definition) is 1. The van der Waals surface area contributed by atoms with Gasteiger partial charge in [0.15, 0.2) is 0 Å². The topological polar surface area (TPSA) is 86.0 Å². The Labute approximate surface area is 200 Å². The summed E-state index contributed by atoms with van der Waals surface area (Å²) in [6.07, 6.45) is 1.97. The number of carbonyl (C=O) groups is 1. The molecule has 5 rings (SSSR count). The van der Waals surface area contributed by atoms with Gasteiger partial charge in [0, 0.05) is 29.9 Å². The third-order valence-electron chi connectivity index (χ3n) is 9.04. The molecule has 3 aliphatic rings. The lowest BCUT2D eigenvalue weighted by Gasteiger charge is -2.65. The first-order valence-corrected chi connectivity index (χ1v) is 12.2. The monoisotopic (exact) mass is 466 g/mol. The van der Waals surface area contributed by atoms with Gasteiger partial charge < -0.3 is 19.0 Å². The summed E-state index contributed by atoms with van der Waals surface area (Å²) in [6, 6.07) is 11.2. The second-order valence-corrected chi connectivity index (χ2v) is 11.4. The number of carbonyl (C=O) groups excluding carboxylic acids is 1. The quantitative estimate of drug-likeness (QED) is 0.607. The Hall–Kier alpha value is -2.60. The van der Waals surface area contributed by atoms with Gasteiger partial charge in [-0.2, -0.15) is 0 Å². The van der Waals surface area contributed by atoms with Crippen molar-refractivity contribution in [2.24, 2.45) is 22.7 Å². The van der Waals surface area contributed by atoms with Crippen LogP contribution in [0.3, 0.4) is 0 Å². The molecule has 0 unspecified atom stereocenters. The normalized spacial score (nSPS) is 35.8. The van der Waals surface area contributed by atoms with Gasteiger partial charge >= 0.3 is 11.6 Å². The van der Waals surface area contributed by atoms with Gasteiger partial charge in [0.25, 0.3) is 0 Å². The third-order valence-corrected chi connectivity index (χ3v) is 9.04. The first-order chi connectivity index (χ1) is 16.0. The van der Waals surface area contributed by atoms with E-state index in [-0.39, 0.29) is 40.3 Å². The molecule has 2 heterocycles. The predicted molar refractivity (Wildman–Crippen MR) is 127 cm³/mol. The van der Waals surface area contributed by atoms with Crippen LogP contribution in [0.1, 0.15) is 72.0 Å². The average Bonchev–Trinajstić information content (AvgIpc) is 2.75. The lowest BCUT2D eigenvalue weighted by molar-refractivity contribution is -0.227. The minimum absolute atomic E-state index is 0.167. The lowest BCUT2D eigenvalue weighted by atomic mass is 9.43. The van der Waals surface area contributed by atoms with E-state index in [4.69, 9.17) is 13.9 Å². The van der Waals surface area contributed by atoms with Gasteiger partial charge in [-0.1, -0.05) is 51.1 Å². The van der Waals surface area contributed by atoms with Gasteiger partial charge in [-0.3, -0.25) is 4.79 Å². The maximum absolute atomic E-state index is 13.1. The van der Waals surface area contributed by atoms with Crippen molar-refractivity contribution in [3.05, 3.63) is 52.4 Å². The van der Waals surface area contributed by atoms with E-state index in [2.05, 4.69) is 27.7 Å². The molecule has 2 saturated carbocycles. The van der Waals surface area contributed by atoms with Gasteiger partial charge in [0.2, 0.25) is 0 Å². The van der Waals surface area contributed by atoms with E-state index in [1.54, 1.807) is 6.07 Å². The van der Waals surface area contributed by atoms with Crippen LogP contribution in [0.5, 0.6) is 5.75 Å². The zero-order chi connectivity index (χ0) is 24.5. The maximum Gasteiger partial charge on any atom is 0.345 e. The summed E-state index contributed by atoms with van der Waals surface area (Å²) >= 11 is 0. The number of esters is 1. The Morgan fingerprint density at radius 1 is 1.09 bits per heavy atom. The van der Waals surface area contributed by atoms with E-state index < -0.39 is 17.3 Å². The largest absolute Gasteiger partial charge is 0.486 e. The lowest BCUT2D eigenvalue weighted by Crippen LogP contribution is -2.65. The molecule has 0 amide bonds. The van der Waals surface area contributed by atoms with E-state index in [9.17, 15) is 14.7 Å². The molecule has 34 heavy (non-hydrogen) atoms. The van der Waals surface area contributed by atoms with E-state index in [0.717, 1.165) is 24.8 Å². The SMILES string of the molecule is CC(=O)O[C@H]1CC[C@]2(C)[C@H]3[C@@H](O)c4c(cc(-c5ccccc5)oc4=O)O[C@]3(C)CC[C@H]2C1(C)C. The molecule has 2 fully saturated rings. The van der Waals surface area contributed by atoms with Crippen LogP contribution in [-0.4, -0.2) is 22.8 Å². The zero-order valence-electron chi connectivity index (χ0n) is 20.6. The number of ether oxygens (including phenoxy) is 2. The summed E-state index contributed by atoms with van der Waals surface area (Å²) in [7, 11) is 0. The third kappa shape index (κ3) is 3.33. The fourth-order valence-electron chi connectivity index (χ4n) is 7.64. The van der Waals surface area contributed by atoms with E-state index >= 15 is 0 Å². The molecule has 6 heteroatoms. The Kier molecular flexibility index (Phi) is 5.25. The molecule has 2 aliphatic carbocycles. The Bertz CT molecular complexity index is 1170. The molecule has 182 valence electrons. The molecule has 0 bridgehead atoms. The van der Waals surface area contributed by atoms with Crippen molar-refractivity contribution in [1.82, 2.24) is 0 Å². The molecule has 0 radical (unpaired) electrons. The second kappa shape index (κ2) is 7.70. The fraction of sp³-hybridized carbons (Fsp3) is 0.571. The summed E-state index contributed by atoms with van der Waals surface area (Å²) in [4.78, 5) is 24.9. The van der Waals surface area contributed by atoms with Crippen molar-refractivity contribution in [2.45, 2.75) is 78.1 Å². The van der Waals surface area contributed by atoms with Crippen LogP contribution in [0.2, 0.25) is 0 Å². The first kappa shape index (κ1) is 23.2. The summed E-state index contributed by atoms with van der Waals surface area (Å²) in [5.41, 5.74) is -0.733. The number of rotatable bonds is 2. The van der Waals surface area contributed by atoms with Crippen LogP contribution in [0.25, 0.3) is 11.3 Å². The summed E-state index contributed by atoms with van der Waals surface area (Å²) < 4.78 is 18.0. The first-order valence-electron chi connectivity index (χ1n) is 12.2. The molecule has 1 aromatic heterocycles. The van der Waals surface area contributed by atoms with E-state index in [1.807, 2.05) is 30.3 Å². The number of hydrogen-bond acceptors (Lipinski definition) is 6. The van der Waals surface area contributed by atoms with Gasteiger partial charge in [0.1, 0.15) is 28.8 Å². The van der Waals surface area contributed by atoms with Crippen molar-refractivity contribution in [1.29, 1.82) is 0 Å². The molecule has 2 aromatic rings. The fourth-order valence-corrected chi connectivity index (χ4v) is 7.64. The standard InChI is InChI=1S/C28H34O6/c1-16(29)32-21-12-13-27(4)20(26(21,2)3)11-14-28(5)24(27)23(30)22-19(34-28)15-18(33-25(22)31)17-9-7-6-8-10-17/h6-10,15,20-21,23-24,30H,11-14H2,1-5H3/t20-,21-,23-,24+,27-,28+/m0/s1. The number of benzene rings is 1. The van der Waals surface area contributed by atoms with Gasteiger partial charge in [0.05, 0.1) is 6.10 Å². The molecule has 0 saturated heterocycles. The molecule has 6 atom stereocenters. The molecular weight excluding hydrogens is 432 g/mol. The Balaban J connectivity index is 1.57. The van der Waals surface area contributed by atoms with Crippen LogP contribution in [0.15, 0.2) is 45.6 Å². The Morgan fingerprint density at radius 2 is 1.79 bits per heavy atom. The second-order valence-electron chi connectivity index (χ2n) is 11.4. The molecular formula is C28H34O6. The van der Waals surface area contributed by atoms with Crippen LogP contribution < -0.4 is 10.4 Å². The predicted octanol–water partition coefficient (Wildman–Crippen LogP) is 5.28. The highest BCUT2D eigenvalue weighted by molar-refractivity contribution is 5.66. The van der Waals surface area contributed by atoms with Crippen molar-refractivity contribution in [2.75, 3.05) is 0 Å². The minimum Gasteiger partial charge on any atom is -0.486 e. The van der Waals surface area contributed by atoms with Crippen molar-refractivity contribution in [3.8, 4) is 17.1 Å². The van der Waals surface area contributed by atoms with Crippen LogP contribution >= 0.6 is 0 Å². The van der Waals surface area contributed by atoms with Crippen molar-refractivity contribution in [3.63, 3.8) is 0 Å². The van der Waals surface area contributed by atoms with Crippen LogP contribution in [0.4, 0.5) is 0 Å². The molecule has 1 aliphatic heterocycles. The molecule has 1 N–H and O–H groups in total. The number of fused-ring (bicyclic) bond motifs is 4. The average molecular weight is 467 g/mol. The van der Waals surface area contributed by atoms with Crippen LogP contribution in [-0.2, 0) is 9.53 Å². The van der Waals surface area contributed by atoms with Crippen LogP contribution in [0, 0.1) is 22.7 Å². The Morgan fingerprint density at radius 3 is 2.47 bits per heavy atom. The molecule has 1 aromatic carbocycles. The summed E-state index contributed by atoms with van der Waals surface area (Å²) in [5, 5.41) is 11.7. The van der Waals surface area contributed by atoms with E-state index in [1.165, 1.54) is 6.92 Å². The number of aliphatic hydroxyl groups is 1. The highest BCUT2D eigenvalue weighted by Gasteiger charge is 2.65. The molecule has 0 spiro atoms. The van der Waals surface area contributed by atoms with Gasteiger partial charge in [-0.15, -0.1) is 0 Å². The molecule has 6 nitrogen and oxygen atoms in total. The minimum atomic E-state index is -0.997. The van der Waals surface area contributed by atoms with Gasteiger partial charge in [-0.05, 0) is 43.9 Å². The smallest absolute Gasteiger partial charge is 0.345 e. The summed E-state index contributed by atoms with van der Waals surface area (Å²) in [5.74, 6) is 0.503. The maximum atomic E-state index is 13.1.